The lowest BCUT2D eigenvalue weighted by molar-refractivity contribution is 0.563. The quantitative estimate of drug-likeness (QED) is 0.869. The Morgan fingerprint density at radius 2 is 2.26 bits per heavy atom. The summed E-state index contributed by atoms with van der Waals surface area (Å²) >= 11 is 7.81. The third-order valence-electron chi connectivity index (χ3n) is 2.95. The molecule has 0 bridgehead atoms. The van der Waals surface area contributed by atoms with Crippen LogP contribution in [0.3, 0.4) is 0 Å². The minimum Gasteiger partial charge on any atom is -0.316 e. The van der Waals surface area contributed by atoms with Gasteiger partial charge in [-0.2, -0.15) is 11.8 Å². The summed E-state index contributed by atoms with van der Waals surface area (Å²) < 4.78 is 27.3. The number of nitrogens with one attached hydrogen (secondary N) is 2. The van der Waals surface area contributed by atoms with Crippen molar-refractivity contribution in [1.29, 1.82) is 0 Å². The molecule has 1 aliphatic rings. The fourth-order valence-corrected chi connectivity index (χ4v) is 4.72. The van der Waals surface area contributed by atoms with Crippen molar-refractivity contribution < 1.29 is 8.42 Å². The molecule has 1 atom stereocenters. The number of rotatable bonds is 5. The van der Waals surface area contributed by atoms with E-state index in [1.165, 1.54) is 0 Å². The van der Waals surface area contributed by atoms with Crippen LogP contribution >= 0.6 is 23.4 Å². The van der Waals surface area contributed by atoms with Gasteiger partial charge in [0.1, 0.15) is 0 Å². The van der Waals surface area contributed by atoms with Crippen molar-refractivity contribution in [2.24, 2.45) is 0 Å². The van der Waals surface area contributed by atoms with Gasteiger partial charge < -0.3 is 5.32 Å². The van der Waals surface area contributed by atoms with Crippen molar-refractivity contribution in [2.45, 2.75) is 23.9 Å². The summed E-state index contributed by atoms with van der Waals surface area (Å²) in [6.07, 6.45) is 0.890. The van der Waals surface area contributed by atoms with Crippen molar-refractivity contribution in [3.05, 3.63) is 28.8 Å². The first-order valence-corrected chi connectivity index (χ1v) is 9.07. The van der Waals surface area contributed by atoms with Gasteiger partial charge >= 0.3 is 0 Å². The van der Waals surface area contributed by atoms with E-state index in [1.807, 2.05) is 0 Å². The number of hydrogen-bond donors (Lipinski definition) is 2. The third-order valence-corrected chi connectivity index (χ3v) is 6.00. The van der Waals surface area contributed by atoms with Crippen molar-refractivity contribution in [3.8, 4) is 0 Å². The molecule has 2 N–H and O–H groups in total. The van der Waals surface area contributed by atoms with Gasteiger partial charge in [-0.25, -0.2) is 13.1 Å². The molecule has 4 nitrogen and oxygen atoms in total. The molecule has 1 unspecified atom stereocenters. The lowest BCUT2D eigenvalue weighted by Crippen LogP contribution is -2.34. The summed E-state index contributed by atoms with van der Waals surface area (Å²) in [5.41, 5.74) is 0.785. The number of halogens is 1. The summed E-state index contributed by atoms with van der Waals surface area (Å²) in [5.74, 6) is 1.86. The minimum atomic E-state index is -3.45. The number of benzene rings is 1. The topological polar surface area (TPSA) is 58.2 Å². The van der Waals surface area contributed by atoms with E-state index in [4.69, 9.17) is 11.6 Å². The van der Waals surface area contributed by atoms with E-state index in [2.05, 4.69) is 10.0 Å². The highest BCUT2D eigenvalue weighted by atomic mass is 35.5. The zero-order valence-corrected chi connectivity index (χ0v) is 13.0. The Labute approximate surface area is 123 Å². The normalized spacial score (nSPS) is 19.8. The Morgan fingerprint density at radius 1 is 1.47 bits per heavy atom. The molecule has 0 saturated carbocycles. The molecule has 1 heterocycles. The number of hydrogen-bond acceptors (Lipinski definition) is 4. The Balaban J connectivity index is 2.21. The molecule has 7 heteroatoms. The van der Waals surface area contributed by atoms with E-state index in [-0.39, 0.29) is 10.9 Å². The maximum absolute atomic E-state index is 12.3. The Hall–Kier alpha value is -0.270. The monoisotopic (exact) mass is 320 g/mol. The van der Waals surface area contributed by atoms with E-state index < -0.39 is 10.0 Å². The number of sulfonamides is 1. The average molecular weight is 321 g/mol. The van der Waals surface area contributed by atoms with E-state index in [0.29, 0.717) is 11.6 Å². The van der Waals surface area contributed by atoms with Crippen LogP contribution in [0.4, 0.5) is 0 Å². The molecule has 0 spiro atoms. The molecule has 0 aromatic heterocycles. The summed E-state index contributed by atoms with van der Waals surface area (Å²) in [4.78, 5) is 0.277. The predicted molar refractivity (Wildman–Crippen MR) is 80.3 cm³/mol. The van der Waals surface area contributed by atoms with Gasteiger partial charge in [0.2, 0.25) is 10.0 Å². The van der Waals surface area contributed by atoms with Gasteiger partial charge in [0, 0.05) is 23.4 Å². The molecule has 2 rings (SSSR count). The van der Waals surface area contributed by atoms with Gasteiger partial charge in [-0.15, -0.1) is 0 Å². The van der Waals surface area contributed by atoms with E-state index in [1.54, 1.807) is 37.0 Å². The molecular formula is C12H17ClN2O2S2. The molecule has 1 aromatic rings. The summed E-state index contributed by atoms with van der Waals surface area (Å²) in [6, 6.07) is 4.85. The van der Waals surface area contributed by atoms with Gasteiger partial charge in [0.05, 0.1) is 4.90 Å². The van der Waals surface area contributed by atoms with Crippen LogP contribution in [0.15, 0.2) is 23.1 Å². The zero-order chi connectivity index (χ0) is 13.9. The van der Waals surface area contributed by atoms with Crippen LogP contribution in [0.25, 0.3) is 0 Å². The highest BCUT2D eigenvalue weighted by Gasteiger charge is 2.23. The lowest BCUT2D eigenvalue weighted by Gasteiger charge is -2.13. The van der Waals surface area contributed by atoms with Crippen molar-refractivity contribution >= 4 is 33.4 Å². The molecule has 1 aliphatic heterocycles. The molecule has 0 radical (unpaired) electrons. The molecule has 19 heavy (non-hydrogen) atoms. The fraction of sp³-hybridized carbons (Fsp3) is 0.500. The predicted octanol–water partition coefficient (Wildman–Crippen LogP) is 1.84. The first kappa shape index (κ1) is 15.1. The van der Waals surface area contributed by atoms with E-state index in [0.717, 1.165) is 23.5 Å². The smallest absolute Gasteiger partial charge is 0.240 e. The minimum absolute atomic E-state index is 0.0402. The maximum Gasteiger partial charge on any atom is 0.240 e. The SMILES string of the molecule is CNCc1cc(S(=O)(=O)NC2CCSC2)ccc1Cl. The second-order valence-corrected chi connectivity index (χ2v) is 7.74. The molecule has 1 fully saturated rings. The van der Waals surface area contributed by atoms with Gasteiger partial charge in [-0.1, -0.05) is 11.6 Å². The van der Waals surface area contributed by atoms with Gasteiger partial charge in [-0.05, 0) is 43.0 Å². The van der Waals surface area contributed by atoms with Crippen LogP contribution in [0.1, 0.15) is 12.0 Å². The molecule has 106 valence electrons. The lowest BCUT2D eigenvalue weighted by atomic mass is 10.2. The Kier molecular flexibility index (Phi) is 5.14. The van der Waals surface area contributed by atoms with Crippen LogP contribution in [0, 0.1) is 0 Å². The summed E-state index contributed by atoms with van der Waals surface area (Å²) in [5, 5.41) is 3.55. The highest BCUT2D eigenvalue weighted by molar-refractivity contribution is 7.99. The molecule has 0 amide bonds. The maximum atomic E-state index is 12.3. The average Bonchev–Trinajstić information content (AvgIpc) is 2.84. The van der Waals surface area contributed by atoms with Crippen LogP contribution in [-0.2, 0) is 16.6 Å². The van der Waals surface area contributed by atoms with Crippen LogP contribution < -0.4 is 10.0 Å². The van der Waals surface area contributed by atoms with E-state index >= 15 is 0 Å². The fourth-order valence-electron chi connectivity index (χ4n) is 1.96. The molecule has 1 saturated heterocycles. The standard InChI is InChI=1S/C12H17ClN2O2S2/c1-14-7-9-6-11(2-3-12(9)13)19(16,17)15-10-4-5-18-8-10/h2-3,6,10,14-15H,4-5,7-8H2,1H3. The summed E-state index contributed by atoms with van der Waals surface area (Å²) in [6.45, 7) is 0.543. The van der Waals surface area contributed by atoms with Crippen molar-refractivity contribution in [2.75, 3.05) is 18.6 Å². The first-order valence-electron chi connectivity index (χ1n) is 6.06. The van der Waals surface area contributed by atoms with Crippen LogP contribution in [0.2, 0.25) is 5.02 Å². The van der Waals surface area contributed by atoms with E-state index in [9.17, 15) is 8.42 Å². The van der Waals surface area contributed by atoms with Crippen LogP contribution in [-0.4, -0.2) is 33.0 Å². The third kappa shape index (κ3) is 3.86. The molecule has 1 aromatic carbocycles. The van der Waals surface area contributed by atoms with Gasteiger partial charge in [0.25, 0.3) is 0 Å². The Bertz CT molecular complexity index is 543. The largest absolute Gasteiger partial charge is 0.316 e. The zero-order valence-electron chi connectivity index (χ0n) is 10.6. The summed E-state index contributed by atoms with van der Waals surface area (Å²) in [7, 11) is -1.65. The van der Waals surface area contributed by atoms with Gasteiger partial charge in [0.15, 0.2) is 0 Å². The van der Waals surface area contributed by atoms with Crippen molar-refractivity contribution in [3.63, 3.8) is 0 Å². The molecule has 0 aliphatic carbocycles. The first-order chi connectivity index (χ1) is 9.03. The number of thioether (sulfide) groups is 1. The Morgan fingerprint density at radius 3 is 2.89 bits per heavy atom. The second kappa shape index (κ2) is 6.45. The molecular weight excluding hydrogens is 304 g/mol. The van der Waals surface area contributed by atoms with Crippen LogP contribution in [0.5, 0.6) is 0 Å². The highest BCUT2D eigenvalue weighted by Crippen LogP contribution is 2.23. The van der Waals surface area contributed by atoms with Gasteiger partial charge in [-0.3, -0.25) is 0 Å². The second-order valence-electron chi connectivity index (χ2n) is 4.47. The van der Waals surface area contributed by atoms with Crippen molar-refractivity contribution in [1.82, 2.24) is 10.0 Å².